The van der Waals surface area contributed by atoms with Crippen LogP contribution in [0.5, 0.6) is 11.7 Å². The van der Waals surface area contributed by atoms with Crippen LogP contribution in [-0.4, -0.2) is 36.4 Å². The van der Waals surface area contributed by atoms with Gasteiger partial charge < -0.3 is 19.3 Å². The first kappa shape index (κ1) is 16.6. The number of hydrogen-bond donors (Lipinski definition) is 0. The van der Waals surface area contributed by atoms with E-state index in [1.54, 1.807) is 12.1 Å². The Bertz CT molecular complexity index is 697. The van der Waals surface area contributed by atoms with Gasteiger partial charge in [-0.25, -0.2) is 0 Å². The number of amides is 1. The highest BCUT2D eigenvalue weighted by atomic mass is 19.4. The normalized spacial score (nSPS) is 11.3. The van der Waals surface area contributed by atoms with E-state index in [0.29, 0.717) is 16.3 Å². The zero-order valence-electron chi connectivity index (χ0n) is 12.1. The summed E-state index contributed by atoms with van der Waals surface area (Å²) < 4.78 is 47.7. The Balaban J connectivity index is 2.29. The van der Waals surface area contributed by atoms with Crippen molar-refractivity contribution in [1.82, 2.24) is 10.2 Å². The molecule has 0 aliphatic rings. The van der Waals surface area contributed by atoms with E-state index in [1.165, 1.54) is 19.2 Å². The first-order chi connectivity index (χ1) is 10.7. The van der Waals surface area contributed by atoms with Gasteiger partial charge in [-0.1, -0.05) is 0 Å². The van der Waals surface area contributed by atoms with Crippen molar-refractivity contribution in [2.45, 2.75) is 12.7 Å². The Morgan fingerprint density at radius 3 is 2.52 bits per heavy atom. The number of hydrogen-bond acceptors (Lipinski definition) is 5. The van der Waals surface area contributed by atoms with Gasteiger partial charge in [0.2, 0.25) is 5.69 Å². The SMILES string of the molecule is COc1ccc(-[n+]2noc([O-])c2CN(C)C(=O)C(F)(F)F)cc1. The van der Waals surface area contributed by atoms with Crippen LogP contribution in [0.15, 0.2) is 28.8 Å². The van der Waals surface area contributed by atoms with Crippen LogP contribution >= 0.6 is 0 Å². The highest BCUT2D eigenvalue weighted by Gasteiger charge is 2.42. The lowest BCUT2D eigenvalue weighted by atomic mass is 10.3. The number of benzene rings is 1. The molecule has 23 heavy (non-hydrogen) atoms. The summed E-state index contributed by atoms with van der Waals surface area (Å²) >= 11 is 0. The lowest BCUT2D eigenvalue weighted by Gasteiger charge is -2.16. The van der Waals surface area contributed by atoms with Crippen molar-refractivity contribution in [3.63, 3.8) is 0 Å². The molecule has 2 rings (SSSR count). The van der Waals surface area contributed by atoms with Crippen molar-refractivity contribution in [2.24, 2.45) is 0 Å². The average molecular weight is 331 g/mol. The van der Waals surface area contributed by atoms with E-state index in [-0.39, 0.29) is 5.69 Å². The Kier molecular flexibility index (Phi) is 4.43. The second-order valence-corrected chi connectivity index (χ2v) is 4.58. The minimum absolute atomic E-state index is 0.213. The molecule has 1 aromatic carbocycles. The van der Waals surface area contributed by atoms with Gasteiger partial charge in [0.05, 0.1) is 12.4 Å². The average Bonchev–Trinajstić information content (AvgIpc) is 2.86. The summed E-state index contributed by atoms with van der Waals surface area (Å²) in [5, 5.41) is 15.1. The monoisotopic (exact) mass is 331 g/mol. The predicted molar refractivity (Wildman–Crippen MR) is 66.6 cm³/mol. The number of ether oxygens (including phenoxy) is 1. The Morgan fingerprint density at radius 1 is 1.39 bits per heavy atom. The third kappa shape index (κ3) is 3.52. The summed E-state index contributed by atoms with van der Waals surface area (Å²) in [6.07, 6.45) is -5.03. The molecule has 0 N–H and O–H groups in total. The number of carbonyl (C=O) groups excluding carboxylic acids is 1. The van der Waals surface area contributed by atoms with E-state index in [0.717, 1.165) is 11.7 Å². The third-order valence-electron chi connectivity index (χ3n) is 2.99. The summed E-state index contributed by atoms with van der Waals surface area (Å²) in [4.78, 5) is 11.5. The van der Waals surface area contributed by atoms with Crippen molar-refractivity contribution >= 4 is 5.91 Å². The molecule has 0 saturated carbocycles. The van der Waals surface area contributed by atoms with Gasteiger partial charge in [-0.15, -0.1) is 0 Å². The zero-order valence-corrected chi connectivity index (χ0v) is 12.1. The molecule has 0 fully saturated rings. The van der Waals surface area contributed by atoms with Gasteiger partial charge in [0.25, 0.3) is 5.69 Å². The molecule has 0 atom stereocenters. The number of rotatable bonds is 4. The lowest BCUT2D eigenvalue weighted by Crippen LogP contribution is -2.43. The van der Waals surface area contributed by atoms with E-state index >= 15 is 0 Å². The molecular weight excluding hydrogens is 319 g/mol. The smallest absolute Gasteiger partial charge is 0.471 e. The molecule has 0 bridgehead atoms. The fraction of sp³-hybridized carbons (Fsp3) is 0.308. The standard InChI is InChI=1S/C13H12F3N3O4/c1-18(12(21)13(14,15)16)7-10-11(20)23-17-19(10)8-3-5-9(22-2)6-4-8/h3-6H,7H2,1-2H3. The van der Waals surface area contributed by atoms with E-state index in [9.17, 15) is 23.1 Å². The molecule has 7 nitrogen and oxygen atoms in total. The van der Waals surface area contributed by atoms with Crippen LogP contribution < -0.4 is 14.5 Å². The van der Waals surface area contributed by atoms with Crippen LogP contribution in [-0.2, 0) is 11.3 Å². The maximum Gasteiger partial charge on any atom is 0.471 e. The van der Waals surface area contributed by atoms with Crippen LogP contribution in [0.2, 0.25) is 0 Å². The molecule has 0 aliphatic heterocycles. The van der Waals surface area contributed by atoms with Crippen LogP contribution in [0, 0.1) is 0 Å². The van der Waals surface area contributed by atoms with E-state index in [4.69, 9.17) is 4.74 Å². The topological polar surface area (TPSA) is 82.5 Å². The molecule has 0 spiro atoms. The summed E-state index contributed by atoms with van der Waals surface area (Å²) in [6.45, 7) is -0.604. The number of halogens is 3. The van der Waals surface area contributed by atoms with Gasteiger partial charge in [-0.3, -0.25) is 4.79 Å². The summed E-state index contributed by atoms with van der Waals surface area (Å²) in [5.74, 6) is -2.45. The second-order valence-electron chi connectivity index (χ2n) is 4.58. The summed E-state index contributed by atoms with van der Waals surface area (Å²) in [5.41, 5.74) is 0.162. The van der Waals surface area contributed by atoms with Crippen LogP contribution in [0.1, 0.15) is 5.69 Å². The first-order valence-corrected chi connectivity index (χ1v) is 6.28. The van der Waals surface area contributed by atoms with Crippen LogP contribution in [0.4, 0.5) is 13.2 Å². The molecule has 0 radical (unpaired) electrons. The fourth-order valence-corrected chi connectivity index (χ4v) is 1.84. The van der Waals surface area contributed by atoms with Gasteiger partial charge in [-0.2, -0.15) is 13.2 Å². The number of nitrogens with zero attached hydrogens (tertiary/aromatic N) is 3. The highest BCUT2D eigenvalue weighted by molar-refractivity contribution is 5.81. The van der Waals surface area contributed by atoms with E-state index in [1.807, 2.05) is 0 Å². The maximum atomic E-state index is 12.4. The van der Waals surface area contributed by atoms with Gasteiger partial charge in [-0.05, 0) is 16.8 Å². The van der Waals surface area contributed by atoms with Crippen molar-refractivity contribution in [3.05, 3.63) is 30.0 Å². The second kappa shape index (κ2) is 6.15. The van der Waals surface area contributed by atoms with E-state index in [2.05, 4.69) is 9.79 Å². The number of aromatic nitrogens is 2. The molecule has 1 heterocycles. The Hall–Kier alpha value is -2.78. The molecule has 2 aromatic rings. The summed E-state index contributed by atoms with van der Waals surface area (Å²) in [6, 6.07) is 6.23. The number of methoxy groups -OCH3 is 1. The third-order valence-corrected chi connectivity index (χ3v) is 2.99. The quantitative estimate of drug-likeness (QED) is 0.764. The molecule has 10 heteroatoms. The Labute approximate surface area is 128 Å². The minimum atomic E-state index is -5.03. The molecule has 1 aromatic heterocycles. The van der Waals surface area contributed by atoms with Crippen molar-refractivity contribution in [1.29, 1.82) is 0 Å². The minimum Gasteiger partial charge on any atom is -0.539 e. The Morgan fingerprint density at radius 2 is 2.00 bits per heavy atom. The molecule has 0 saturated heterocycles. The fourth-order valence-electron chi connectivity index (χ4n) is 1.84. The highest BCUT2D eigenvalue weighted by Crippen LogP contribution is 2.20. The lowest BCUT2D eigenvalue weighted by molar-refractivity contribution is -0.678. The van der Waals surface area contributed by atoms with Crippen LogP contribution in [0.25, 0.3) is 5.69 Å². The van der Waals surface area contributed by atoms with Gasteiger partial charge in [0, 0.05) is 19.2 Å². The van der Waals surface area contributed by atoms with Gasteiger partial charge in [0.15, 0.2) is 5.95 Å². The van der Waals surface area contributed by atoms with Crippen molar-refractivity contribution < 1.29 is 37.0 Å². The molecule has 0 unspecified atom stereocenters. The molecule has 124 valence electrons. The maximum absolute atomic E-state index is 12.4. The molecular formula is C13H12F3N3O4. The van der Waals surface area contributed by atoms with Gasteiger partial charge in [0.1, 0.15) is 12.3 Å². The van der Waals surface area contributed by atoms with E-state index < -0.39 is 24.6 Å². The predicted octanol–water partition coefficient (Wildman–Crippen LogP) is 0.554. The van der Waals surface area contributed by atoms with Crippen molar-refractivity contribution in [3.8, 4) is 17.4 Å². The van der Waals surface area contributed by atoms with Crippen molar-refractivity contribution in [2.75, 3.05) is 14.2 Å². The first-order valence-electron chi connectivity index (χ1n) is 6.28. The van der Waals surface area contributed by atoms with Crippen LogP contribution in [0.3, 0.4) is 0 Å². The molecule has 0 aliphatic carbocycles. The number of carbonyl (C=O) groups is 1. The largest absolute Gasteiger partial charge is 0.539 e. The number of alkyl halides is 3. The zero-order chi connectivity index (χ0) is 17.2. The summed E-state index contributed by atoms with van der Waals surface area (Å²) in [7, 11) is 2.40. The van der Waals surface area contributed by atoms with Gasteiger partial charge >= 0.3 is 12.1 Å². The molecule has 1 amide bonds.